The van der Waals surface area contributed by atoms with Gasteiger partial charge >= 0.3 is 12.0 Å². The fourth-order valence-electron chi connectivity index (χ4n) is 3.42. The third-order valence-corrected chi connectivity index (χ3v) is 4.99. The van der Waals surface area contributed by atoms with Crippen molar-refractivity contribution in [2.24, 2.45) is 0 Å². The average Bonchev–Trinajstić information content (AvgIpc) is 3.26. The molecule has 144 valence electrons. The number of urea groups is 1. The molecule has 0 aromatic heterocycles. The number of carbonyl (C=O) groups is 4. The first-order valence-electron chi connectivity index (χ1n) is 9.01. The summed E-state index contributed by atoms with van der Waals surface area (Å²) in [6.45, 7) is 3.86. The van der Waals surface area contributed by atoms with Crippen LogP contribution in [0.5, 0.6) is 0 Å². The van der Waals surface area contributed by atoms with Crippen molar-refractivity contribution in [3.8, 4) is 0 Å². The van der Waals surface area contributed by atoms with E-state index in [4.69, 9.17) is 4.74 Å². The van der Waals surface area contributed by atoms with Gasteiger partial charge in [0.2, 0.25) is 0 Å². The van der Waals surface area contributed by atoms with Crippen LogP contribution in [-0.4, -0.2) is 59.4 Å². The number of nitrogens with zero attached hydrogens (tertiary/aromatic N) is 2. The maximum atomic E-state index is 12.8. The first kappa shape index (κ1) is 18.9. The van der Waals surface area contributed by atoms with Crippen molar-refractivity contribution >= 4 is 23.8 Å². The Labute approximate surface area is 157 Å². The minimum atomic E-state index is -1.24. The number of esters is 1. The summed E-state index contributed by atoms with van der Waals surface area (Å²) < 4.78 is 5.15. The zero-order valence-corrected chi connectivity index (χ0v) is 15.4. The number of carbonyl (C=O) groups excluding carboxylic acids is 4. The van der Waals surface area contributed by atoms with Crippen molar-refractivity contribution in [3.63, 3.8) is 0 Å². The van der Waals surface area contributed by atoms with Gasteiger partial charge in [0.15, 0.2) is 6.10 Å². The van der Waals surface area contributed by atoms with Crippen LogP contribution in [0.25, 0.3) is 0 Å². The maximum absolute atomic E-state index is 12.8. The highest BCUT2D eigenvalue weighted by Gasteiger charge is 2.49. The van der Waals surface area contributed by atoms with Gasteiger partial charge in [-0.25, -0.2) is 4.79 Å². The number of hydrogen-bond acceptors (Lipinski definition) is 5. The summed E-state index contributed by atoms with van der Waals surface area (Å²) in [4.78, 5) is 51.9. The number of benzene rings is 1. The van der Waals surface area contributed by atoms with Crippen LogP contribution in [-0.2, 0) is 24.7 Å². The largest absolute Gasteiger partial charge is 0.451 e. The SMILES string of the molecule is C[C@@H](OC(=O)CN1C(=O)N[C@](C)(c2ccccc2)C1=O)C(=O)N1CCCC1. The lowest BCUT2D eigenvalue weighted by Crippen LogP contribution is -2.43. The van der Waals surface area contributed by atoms with Crippen LogP contribution in [0.3, 0.4) is 0 Å². The van der Waals surface area contributed by atoms with Gasteiger partial charge in [-0.3, -0.25) is 19.3 Å². The van der Waals surface area contributed by atoms with Gasteiger partial charge in [-0.1, -0.05) is 30.3 Å². The molecule has 2 atom stereocenters. The first-order valence-corrected chi connectivity index (χ1v) is 9.01. The number of likely N-dealkylation sites (tertiary alicyclic amines) is 1. The molecule has 0 aliphatic carbocycles. The Morgan fingerprint density at radius 1 is 1.19 bits per heavy atom. The standard InChI is InChI=1S/C19H23N3O5/c1-13(16(24)21-10-6-7-11-21)27-15(23)12-22-17(25)19(2,20-18(22)26)14-8-4-3-5-9-14/h3-5,8-9,13H,6-7,10-12H2,1-2H3,(H,20,26)/t13-,19-/m1/s1. The van der Waals surface area contributed by atoms with E-state index in [1.165, 1.54) is 6.92 Å². The lowest BCUT2D eigenvalue weighted by Gasteiger charge is -2.23. The highest BCUT2D eigenvalue weighted by molar-refractivity contribution is 6.08. The molecule has 1 aromatic rings. The zero-order chi connectivity index (χ0) is 19.6. The molecule has 2 aliphatic rings. The van der Waals surface area contributed by atoms with E-state index in [1.54, 1.807) is 36.1 Å². The summed E-state index contributed by atoms with van der Waals surface area (Å²) in [6.07, 6.45) is 0.928. The van der Waals surface area contributed by atoms with Crippen molar-refractivity contribution in [3.05, 3.63) is 35.9 Å². The minimum absolute atomic E-state index is 0.257. The third kappa shape index (κ3) is 3.65. The van der Waals surface area contributed by atoms with Gasteiger partial charge in [-0.05, 0) is 32.3 Å². The zero-order valence-electron chi connectivity index (χ0n) is 15.4. The van der Waals surface area contributed by atoms with E-state index < -0.39 is 36.1 Å². The van der Waals surface area contributed by atoms with E-state index in [0.29, 0.717) is 18.7 Å². The van der Waals surface area contributed by atoms with E-state index >= 15 is 0 Å². The molecule has 2 aliphatic heterocycles. The molecule has 2 saturated heterocycles. The maximum Gasteiger partial charge on any atom is 0.327 e. The second-order valence-corrected chi connectivity index (χ2v) is 6.98. The van der Waals surface area contributed by atoms with Crippen molar-refractivity contribution < 1.29 is 23.9 Å². The van der Waals surface area contributed by atoms with Crippen LogP contribution in [0.4, 0.5) is 4.79 Å². The summed E-state index contributed by atoms with van der Waals surface area (Å²) in [5, 5.41) is 2.63. The number of amides is 4. The second-order valence-electron chi connectivity index (χ2n) is 6.98. The minimum Gasteiger partial charge on any atom is -0.451 e. The van der Waals surface area contributed by atoms with Gasteiger partial charge in [0.1, 0.15) is 12.1 Å². The Hall–Kier alpha value is -2.90. The molecule has 1 aromatic carbocycles. The predicted octanol–water partition coefficient (Wildman–Crippen LogP) is 1.01. The predicted molar refractivity (Wildman–Crippen MR) is 95.4 cm³/mol. The average molecular weight is 373 g/mol. The lowest BCUT2D eigenvalue weighted by molar-refractivity contribution is -0.160. The Morgan fingerprint density at radius 3 is 2.44 bits per heavy atom. The lowest BCUT2D eigenvalue weighted by atomic mass is 9.92. The van der Waals surface area contributed by atoms with Crippen LogP contribution < -0.4 is 5.32 Å². The van der Waals surface area contributed by atoms with Crippen molar-refractivity contribution in [2.75, 3.05) is 19.6 Å². The molecule has 0 spiro atoms. The van der Waals surface area contributed by atoms with Crippen LogP contribution in [0, 0.1) is 0 Å². The molecule has 0 unspecified atom stereocenters. The van der Waals surface area contributed by atoms with E-state index in [1.807, 2.05) is 6.07 Å². The Morgan fingerprint density at radius 2 is 1.81 bits per heavy atom. The smallest absolute Gasteiger partial charge is 0.327 e. The molecule has 0 bridgehead atoms. The van der Waals surface area contributed by atoms with Gasteiger partial charge < -0.3 is 15.0 Å². The molecular weight excluding hydrogens is 350 g/mol. The molecule has 1 N–H and O–H groups in total. The summed E-state index contributed by atoms with van der Waals surface area (Å²) >= 11 is 0. The molecule has 4 amide bonds. The molecule has 0 radical (unpaired) electrons. The normalized spacial score (nSPS) is 23.3. The van der Waals surface area contributed by atoms with Crippen LogP contribution >= 0.6 is 0 Å². The topological polar surface area (TPSA) is 96.0 Å². The number of rotatable bonds is 5. The summed E-state index contributed by atoms with van der Waals surface area (Å²) in [5.41, 5.74) is -0.618. The molecule has 0 saturated carbocycles. The Bertz CT molecular complexity index is 760. The summed E-state index contributed by atoms with van der Waals surface area (Å²) in [5.74, 6) is -1.59. The first-order chi connectivity index (χ1) is 12.8. The second kappa shape index (κ2) is 7.38. The molecule has 27 heavy (non-hydrogen) atoms. The molecule has 2 fully saturated rings. The fraction of sp³-hybridized carbons (Fsp3) is 0.474. The molecule has 2 heterocycles. The fourth-order valence-corrected chi connectivity index (χ4v) is 3.42. The highest BCUT2D eigenvalue weighted by atomic mass is 16.5. The van der Waals surface area contributed by atoms with Gasteiger partial charge in [0, 0.05) is 13.1 Å². The van der Waals surface area contributed by atoms with E-state index in [0.717, 1.165) is 17.7 Å². The van der Waals surface area contributed by atoms with E-state index in [9.17, 15) is 19.2 Å². The Kier molecular flexibility index (Phi) is 5.16. The van der Waals surface area contributed by atoms with Crippen LogP contribution in [0.1, 0.15) is 32.3 Å². The monoisotopic (exact) mass is 373 g/mol. The van der Waals surface area contributed by atoms with Crippen molar-refractivity contribution in [2.45, 2.75) is 38.3 Å². The quantitative estimate of drug-likeness (QED) is 0.614. The van der Waals surface area contributed by atoms with Gasteiger partial charge in [0.05, 0.1) is 0 Å². The van der Waals surface area contributed by atoms with Gasteiger partial charge in [0.25, 0.3) is 11.8 Å². The van der Waals surface area contributed by atoms with Gasteiger partial charge in [-0.15, -0.1) is 0 Å². The Balaban J connectivity index is 1.63. The number of nitrogens with one attached hydrogen (secondary N) is 1. The van der Waals surface area contributed by atoms with E-state index in [-0.39, 0.29) is 5.91 Å². The third-order valence-electron chi connectivity index (χ3n) is 4.99. The summed E-state index contributed by atoms with van der Waals surface area (Å²) in [6, 6.07) is 8.14. The molecule has 8 heteroatoms. The number of hydrogen-bond donors (Lipinski definition) is 1. The molecule has 8 nitrogen and oxygen atoms in total. The van der Waals surface area contributed by atoms with Crippen molar-refractivity contribution in [1.29, 1.82) is 0 Å². The molecule has 3 rings (SSSR count). The summed E-state index contributed by atoms with van der Waals surface area (Å²) in [7, 11) is 0. The van der Waals surface area contributed by atoms with Crippen molar-refractivity contribution in [1.82, 2.24) is 15.1 Å². The van der Waals surface area contributed by atoms with E-state index in [2.05, 4.69) is 5.32 Å². The number of ether oxygens (including phenoxy) is 1. The molecular formula is C19H23N3O5. The highest BCUT2D eigenvalue weighted by Crippen LogP contribution is 2.28. The van der Waals surface area contributed by atoms with Crippen LogP contribution in [0.2, 0.25) is 0 Å². The van der Waals surface area contributed by atoms with Gasteiger partial charge in [-0.2, -0.15) is 0 Å². The van der Waals surface area contributed by atoms with Crippen LogP contribution in [0.15, 0.2) is 30.3 Å². The number of imide groups is 1.